The van der Waals surface area contributed by atoms with Gasteiger partial charge in [0.05, 0.1) is 22.3 Å². The zero-order valence-electron chi connectivity index (χ0n) is 22.4. The molecule has 0 atom stereocenters. The van der Waals surface area contributed by atoms with Crippen LogP contribution in [0.4, 0.5) is 0 Å². The molecule has 0 saturated carbocycles. The van der Waals surface area contributed by atoms with E-state index in [1.54, 1.807) is 54.9 Å². The smallest absolute Gasteiger partial charge is 0.337 e. The average molecular weight is 583 g/mol. The molecule has 10 nitrogen and oxygen atoms in total. The number of carbonyl (C=O) groups is 4. The second-order valence-electron chi connectivity index (χ2n) is 10.2. The van der Waals surface area contributed by atoms with Gasteiger partial charge in [-0.25, -0.2) is 19.2 Å². The van der Waals surface area contributed by atoms with Crippen LogP contribution in [0.25, 0.3) is 65.3 Å². The van der Waals surface area contributed by atoms with Crippen LogP contribution in [0.3, 0.4) is 0 Å². The first-order chi connectivity index (χ1) is 21.2. The Labute approximate surface area is 246 Å². The lowest BCUT2D eigenvalue weighted by Gasteiger charge is -2.24. The maximum Gasteiger partial charge on any atom is 0.337 e. The summed E-state index contributed by atoms with van der Waals surface area (Å²) >= 11 is 0. The predicted molar refractivity (Wildman–Crippen MR) is 162 cm³/mol. The van der Waals surface area contributed by atoms with Crippen LogP contribution in [0.1, 0.15) is 41.4 Å². The highest BCUT2D eigenvalue weighted by molar-refractivity contribution is 6.41. The fourth-order valence-corrected chi connectivity index (χ4v) is 6.41. The Kier molecular flexibility index (Phi) is 5.76. The number of hydrogen-bond donors (Lipinski definition) is 4. The molecule has 2 heterocycles. The molecule has 2 aromatic heterocycles. The van der Waals surface area contributed by atoms with Crippen molar-refractivity contribution < 1.29 is 39.6 Å². The molecule has 0 aliphatic rings. The van der Waals surface area contributed by atoms with Crippen molar-refractivity contribution in [3.63, 3.8) is 0 Å². The van der Waals surface area contributed by atoms with Gasteiger partial charge in [-0.2, -0.15) is 0 Å². The minimum Gasteiger partial charge on any atom is -0.478 e. The molecular weight excluding hydrogens is 564 g/mol. The quantitative estimate of drug-likeness (QED) is 0.123. The van der Waals surface area contributed by atoms with Gasteiger partial charge in [-0.15, -0.1) is 0 Å². The van der Waals surface area contributed by atoms with Crippen LogP contribution in [0.2, 0.25) is 0 Å². The summed E-state index contributed by atoms with van der Waals surface area (Å²) in [5.74, 6) is -5.32. The Balaban J connectivity index is 1.93. The lowest BCUT2D eigenvalue weighted by Crippen LogP contribution is -2.10. The highest BCUT2D eigenvalue weighted by Crippen LogP contribution is 2.51. The van der Waals surface area contributed by atoms with Gasteiger partial charge >= 0.3 is 23.9 Å². The van der Waals surface area contributed by atoms with E-state index in [1.807, 2.05) is 0 Å². The van der Waals surface area contributed by atoms with E-state index in [2.05, 4.69) is 9.97 Å². The minimum atomic E-state index is -1.35. The zero-order valence-corrected chi connectivity index (χ0v) is 22.4. The largest absolute Gasteiger partial charge is 0.478 e. The number of carboxylic acids is 4. The van der Waals surface area contributed by atoms with Crippen LogP contribution in [0, 0.1) is 0 Å². The summed E-state index contributed by atoms with van der Waals surface area (Å²) in [4.78, 5) is 58.8. The second kappa shape index (κ2) is 9.57. The fraction of sp³-hybridized carbons (Fsp3) is 0. The topological polar surface area (TPSA) is 175 Å². The number of pyridine rings is 2. The van der Waals surface area contributed by atoms with E-state index in [-0.39, 0.29) is 38.6 Å². The van der Waals surface area contributed by atoms with E-state index in [4.69, 9.17) is 0 Å². The van der Waals surface area contributed by atoms with Crippen molar-refractivity contribution in [2.75, 3.05) is 0 Å². The van der Waals surface area contributed by atoms with Gasteiger partial charge in [0.15, 0.2) is 0 Å². The summed E-state index contributed by atoms with van der Waals surface area (Å²) in [5, 5.41) is 43.7. The first-order valence-electron chi connectivity index (χ1n) is 13.2. The molecule has 0 fully saturated rings. The first-order valence-corrected chi connectivity index (χ1v) is 13.2. The molecule has 0 spiro atoms. The lowest BCUT2D eigenvalue weighted by atomic mass is 9.78. The minimum absolute atomic E-state index is 0.00876. The molecule has 0 radical (unpaired) electrons. The number of carboxylic acid groups (broad SMARTS) is 4. The first kappa shape index (κ1) is 26.5. The normalized spacial score (nSPS) is 11.5. The Bertz CT molecular complexity index is 2370. The van der Waals surface area contributed by atoms with Gasteiger partial charge in [0.1, 0.15) is 0 Å². The highest BCUT2D eigenvalue weighted by Gasteiger charge is 2.31. The second-order valence-corrected chi connectivity index (χ2v) is 10.2. The molecule has 5 aromatic carbocycles. The number of benzene rings is 5. The Hall–Kier alpha value is -6.42. The number of rotatable bonds is 6. The van der Waals surface area contributed by atoms with Gasteiger partial charge in [0.2, 0.25) is 0 Å². The summed E-state index contributed by atoms with van der Waals surface area (Å²) in [6, 6.07) is 15.2. The molecule has 44 heavy (non-hydrogen) atoms. The van der Waals surface area contributed by atoms with Crippen LogP contribution in [-0.2, 0) is 0 Å². The predicted octanol–water partition coefficient (Wildman–Crippen LogP) is 6.65. The average Bonchev–Trinajstić information content (AvgIpc) is 3.02. The molecular formula is C34H18N2O8. The van der Waals surface area contributed by atoms with E-state index in [9.17, 15) is 39.6 Å². The molecule has 4 N–H and O–H groups in total. The summed E-state index contributed by atoms with van der Waals surface area (Å²) in [6.07, 6.45) is 6.08. The molecule has 0 amide bonds. The SMILES string of the molecule is O=C(O)c1ccc2c3ccc(C(=O)O)c4c(C(=O)O)c(-c5ccncc5)c(-c5ccncc5)c(c5ccc(C(=O)O)c1c25)c43. The van der Waals surface area contributed by atoms with E-state index in [0.29, 0.717) is 49.0 Å². The Morgan fingerprint density at radius 2 is 0.841 bits per heavy atom. The zero-order chi connectivity index (χ0) is 30.9. The van der Waals surface area contributed by atoms with Crippen molar-refractivity contribution in [3.8, 4) is 22.3 Å². The van der Waals surface area contributed by atoms with Gasteiger partial charge in [-0.05, 0) is 91.5 Å². The van der Waals surface area contributed by atoms with Crippen LogP contribution >= 0.6 is 0 Å². The lowest BCUT2D eigenvalue weighted by molar-refractivity contribution is 0.0681. The number of nitrogens with zero attached hydrogens (tertiary/aromatic N) is 2. The Morgan fingerprint density at radius 1 is 0.409 bits per heavy atom. The van der Waals surface area contributed by atoms with Crippen LogP contribution in [0.5, 0.6) is 0 Å². The van der Waals surface area contributed by atoms with Crippen molar-refractivity contribution >= 4 is 67.0 Å². The van der Waals surface area contributed by atoms with Crippen molar-refractivity contribution in [1.29, 1.82) is 0 Å². The molecule has 0 unspecified atom stereocenters. The van der Waals surface area contributed by atoms with E-state index < -0.39 is 23.9 Å². The third-order valence-corrected chi connectivity index (χ3v) is 8.02. The van der Waals surface area contributed by atoms with Crippen LogP contribution in [-0.4, -0.2) is 54.3 Å². The summed E-state index contributed by atoms with van der Waals surface area (Å²) in [7, 11) is 0. The van der Waals surface area contributed by atoms with Crippen molar-refractivity contribution in [1.82, 2.24) is 9.97 Å². The van der Waals surface area contributed by atoms with E-state index in [0.717, 1.165) is 0 Å². The molecule has 10 heteroatoms. The molecule has 7 rings (SSSR count). The van der Waals surface area contributed by atoms with Crippen molar-refractivity contribution in [2.24, 2.45) is 0 Å². The number of aromatic nitrogens is 2. The standard InChI is InChI=1S/C34H18N2O8/c37-31(38)20-4-1-17-18-2-5-22(33(41)42)29-27(18)28(19-3-6-21(32(39)40)26(20)25(17)19)23(15-7-11-35-12-8-15)24(30(29)34(43)44)16-9-13-36-14-10-16/h1-14H,(H,37,38)(H,39,40)(H,41,42)(H,43,44). The fourth-order valence-electron chi connectivity index (χ4n) is 6.41. The number of fused-ring (bicyclic) bond motifs is 2. The maximum atomic E-state index is 13.2. The molecule has 7 aromatic rings. The monoisotopic (exact) mass is 582 g/mol. The maximum absolute atomic E-state index is 13.2. The highest BCUT2D eigenvalue weighted by atomic mass is 16.4. The van der Waals surface area contributed by atoms with Crippen LogP contribution in [0.15, 0.2) is 85.5 Å². The van der Waals surface area contributed by atoms with E-state index in [1.165, 1.54) is 30.6 Å². The van der Waals surface area contributed by atoms with Gasteiger partial charge in [-0.3, -0.25) is 9.97 Å². The molecule has 212 valence electrons. The van der Waals surface area contributed by atoms with Gasteiger partial charge < -0.3 is 20.4 Å². The van der Waals surface area contributed by atoms with Crippen molar-refractivity contribution in [2.45, 2.75) is 0 Å². The molecule has 0 bridgehead atoms. The van der Waals surface area contributed by atoms with Crippen LogP contribution < -0.4 is 0 Å². The third-order valence-electron chi connectivity index (χ3n) is 8.02. The summed E-state index contributed by atoms with van der Waals surface area (Å²) < 4.78 is 0. The van der Waals surface area contributed by atoms with Crippen molar-refractivity contribution in [3.05, 3.63) is 108 Å². The van der Waals surface area contributed by atoms with Gasteiger partial charge in [0.25, 0.3) is 0 Å². The summed E-state index contributed by atoms with van der Waals surface area (Å²) in [6.45, 7) is 0. The molecule has 0 aliphatic heterocycles. The van der Waals surface area contributed by atoms with E-state index >= 15 is 0 Å². The Morgan fingerprint density at radius 3 is 1.32 bits per heavy atom. The molecule has 0 saturated heterocycles. The number of hydrogen-bond acceptors (Lipinski definition) is 6. The molecule has 0 aliphatic carbocycles. The number of aromatic carboxylic acids is 4. The third kappa shape index (κ3) is 3.61. The van der Waals surface area contributed by atoms with Gasteiger partial charge in [0, 0.05) is 41.1 Å². The van der Waals surface area contributed by atoms with Gasteiger partial charge in [-0.1, -0.05) is 18.2 Å². The summed E-state index contributed by atoms with van der Waals surface area (Å²) in [5.41, 5.74) is 0.773.